The average molecular weight is 695 g/mol. The topological polar surface area (TPSA) is 115 Å². The number of likely N-dealkylation sites (tertiary alicyclic amines) is 1. The van der Waals surface area contributed by atoms with Crippen LogP contribution in [0.3, 0.4) is 0 Å². The van der Waals surface area contributed by atoms with Crippen LogP contribution in [0.5, 0.6) is 0 Å². The van der Waals surface area contributed by atoms with E-state index in [1.54, 1.807) is 48.9 Å². The number of aryl methyl sites for hydroxylation is 2. The van der Waals surface area contributed by atoms with Gasteiger partial charge in [0.15, 0.2) is 0 Å². The molecule has 2 fully saturated rings. The number of benzene rings is 2. The first kappa shape index (κ1) is 33.2. The van der Waals surface area contributed by atoms with Gasteiger partial charge in [0.25, 0.3) is 15.6 Å². The van der Waals surface area contributed by atoms with Crippen LogP contribution in [0.1, 0.15) is 60.8 Å². The zero-order valence-electron chi connectivity index (χ0n) is 27.4. The molecule has 0 bridgehead atoms. The second kappa shape index (κ2) is 12.0. The Morgan fingerprint density at radius 2 is 1.82 bits per heavy atom. The highest BCUT2D eigenvalue weighted by molar-refractivity contribution is 7.90. The number of alkyl halides is 3. The van der Waals surface area contributed by atoms with Crippen LogP contribution in [0.4, 0.5) is 13.2 Å². The van der Waals surface area contributed by atoms with E-state index in [-0.39, 0.29) is 22.8 Å². The van der Waals surface area contributed by atoms with E-state index in [2.05, 4.69) is 17.1 Å². The molecule has 1 saturated heterocycles. The van der Waals surface area contributed by atoms with Crippen molar-refractivity contribution in [2.45, 2.75) is 68.7 Å². The Labute approximate surface area is 281 Å². The molecule has 0 amide bonds. The third-order valence-electron chi connectivity index (χ3n) is 9.98. The largest absolute Gasteiger partial charge is 0.418 e. The lowest BCUT2D eigenvalue weighted by Gasteiger charge is -2.44. The van der Waals surface area contributed by atoms with E-state index in [0.717, 1.165) is 33.1 Å². The van der Waals surface area contributed by atoms with Crippen molar-refractivity contribution < 1.29 is 26.7 Å². The fourth-order valence-electron chi connectivity index (χ4n) is 7.56. The molecule has 2 aromatic carbocycles. The predicted molar refractivity (Wildman–Crippen MR) is 177 cm³/mol. The summed E-state index contributed by atoms with van der Waals surface area (Å²) in [7, 11) is -2.75. The van der Waals surface area contributed by atoms with Crippen LogP contribution in [0.15, 0.2) is 76.8 Å². The molecule has 1 aliphatic carbocycles. The van der Waals surface area contributed by atoms with Gasteiger partial charge in [0.1, 0.15) is 17.7 Å². The molecule has 1 atom stereocenters. The van der Waals surface area contributed by atoms with Gasteiger partial charge in [-0.15, -0.1) is 10.2 Å². The second-order valence-corrected chi connectivity index (χ2v) is 15.4. The van der Waals surface area contributed by atoms with Gasteiger partial charge < -0.3 is 9.67 Å². The number of aliphatic hydroxyl groups excluding tert-OH is 1. The molecule has 2 aliphatic rings. The molecule has 3 aromatic heterocycles. The number of nitrogens with zero attached hydrogens (tertiary/aromatic N) is 6. The van der Waals surface area contributed by atoms with Gasteiger partial charge in [-0.25, -0.2) is 12.4 Å². The predicted octanol–water partition coefficient (Wildman–Crippen LogP) is 5.16. The SMILES string of the molecule is Cc1ccc(S(=O)(=O)n2c(CN3CCC[C@H](C)C3)cc3c(C(F)(F)F)cn(-c4cccc(C5(c6nncn6C)CC(O)C5)c4)c(=O)c32)cc1. The van der Waals surface area contributed by atoms with E-state index in [1.807, 2.05) is 4.90 Å². The Hall–Kier alpha value is -4.27. The summed E-state index contributed by atoms with van der Waals surface area (Å²) in [6.07, 6.45) is -0.765. The van der Waals surface area contributed by atoms with E-state index in [9.17, 15) is 31.5 Å². The first-order valence-electron chi connectivity index (χ1n) is 16.2. The standard InChI is InChI=1S/C35H37F3N6O4S/c1-22-9-11-28(12-10-22)49(47,48)44-26(19-42-13-5-6-23(2)18-42)15-29-30(35(36,37)38)20-43(32(46)31(29)44)25-8-4-7-24(14-25)34(16-27(45)17-34)33-40-39-21-41(33)3/h4,7-12,14-15,20-21,23,27,45H,5-6,13,16-19H2,1-3H3/t23-,27?,34?/m0/s1. The number of rotatable bonds is 7. The third kappa shape index (κ3) is 5.69. The normalized spacial score (nSPS) is 22.0. The highest BCUT2D eigenvalue weighted by atomic mass is 32.2. The van der Waals surface area contributed by atoms with Crippen LogP contribution in [-0.4, -0.2) is 60.9 Å². The van der Waals surface area contributed by atoms with E-state index in [0.29, 0.717) is 43.2 Å². The molecular formula is C35H37F3N6O4S. The molecule has 7 rings (SSSR count). The number of aliphatic hydroxyl groups is 1. The minimum atomic E-state index is -4.92. The van der Waals surface area contributed by atoms with Crippen molar-refractivity contribution in [1.82, 2.24) is 28.2 Å². The molecule has 0 spiro atoms. The van der Waals surface area contributed by atoms with Gasteiger partial charge in [0, 0.05) is 43.1 Å². The maximum Gasteiger partial charge on any atom is 0.418 e. The number of halogens is 3. The van der Waals surface area contributed by atoms with Gasteiger partial charge in [0.2, 0.25) is 0 Å². The number of pyridine rings is 1. The Morgan fingerprint density at radius 1 is 1.08 bits per heavy atom. The minimum Gasteiger partial charge on any atom is -0.393 e. The first-order valence-corrected chi connectivity index (χ1v) is 17.7. The van der Waals surface area contributed by atoms with Crippen LogP contribution in [0.25, 0.3) is 16.6 Å². The molecule has 10 nitrogen and oxygen atoms in total. The number of aromatic nitrogens is 5. The highest BCUT2D eigenvalue weighted by Crippen LogP contribution is 2.48. The third-order valence-corrected chi connectivity index (χ3v) is 11.7. The molecule has 0 unspecified atom stereocenters. The molecule has 14 heteroatoms. The van der Waals surface area contributed by atoms with Crippen molar-refractivity contribution in [3.8, 4) is 5.69 Å². The molecule has 0 radical (unpaired) electrons. The maximum absolute atomic E-state index is 14.9. The van der Waals surface area contributed by atoms with Crippen LogP contribution in [-0.2, 0) is 35.2 Å². The fraction of sp³-hybridized carbons (Fsp3) is 0.400. The van der Waals surface area contributed by atoms with Crippen molar-refractivity contribution in [3.63, 3.8) is 0 Å². The summed E-state index contributed by atoms with van der Waals surface area (Å²) in [6.45, 7) is 5.24. The second-order valence-electron chi connectivity index (χ2n) is 13.6. The van der Waals surface area contributed by atoms with Crippen LogP contribution in [0.2, 0.25) is 0 Å². The van der Waals surface area contributed by atoms with Crippen molar-refractivity contribution in [1.29, 1.82) is 0 Å². The van der Waals surface area contributed by atoms with Crippen molar-refractivity contribution in [2.75, 3.05) is 13.1 Å². The summed E-state index contributed by atoms with van der Waals surface area (Å²) in [6, 6.07) is 13.8. The average Bonchev–Trinajstić information content (AvgIpc) is 3.63. The maximum atomic E-state index is 14.9. The number of piperidine rings is 1. The highest BCUT2D eigenvalue weighted by Gasteiger charge is 2.49. The molecule has 1 saturated carbocycles. The van der Waals surface area contributed by atoms with E-state index in [4.69, 9.17) is 0 Å². The summed E-state index contributed by atoms with van der Waals surface area (Å²) in [5.41, 5.74) is -1.74. The van der Waals surface area contributed by atoms with Gasteiger partial charge in [0.05, 0.1) is 22.0 Å². The zero-order chi connectivity index (χ0) is 34.9. The quantitative estimate of drug-likeness (QED) is 0.251. The Morgan fingerprint density at radius 3 is 2.45 bits per heavy atom. The van der Waals surface area contributed by atoms with Crippen LogP contribution in [0, 0.1) is 12.8 Å². The van der Waals surface area contributed by atoms with Gasteiger partial charge in [-0.3, -0.25) is 14.3 Å². The molecule has 4 heterocycles. The first-order chi connectivity index (χ1) is 23.2. The summed E-state index contributed by atoms with van der Waals surface area (Å²) in [5.74, 6) is 0.903. The smallest absolute Gasteiger partial charge is 0.393 e. The Kier molecular flexibility index (Phi) is 8.11. The van der Waals surface area contributed by atoms with Crippen molar-refractivity contribution in [2.24, 2.45) is 13.0 Å². The lowest BCUT2D eigenvalue weighted by molar-refractivity contribution is -0.136. The van der Waals surface area contributed by atoms with Gasteiger partial charge in [-0.2, -0.15) is 13.2 Å². The Bertz CT molecular complexity index is 2220. The zero-order valence-corrected chi connectivity index (χ0v) is 28.2. The van der Waals surface area contributed by atoms with Gasteiger partial charge in [-0.05, 0) is 81.0 Å². The van der Waals surface area contributed by atoms with E-state index < -0.39 is 49.7 Å². The van der Waals surface area contributed by atoms with Crippen LogP contribution >= 0.6 is 0 Å². The van der Waals surface area contributed by atoms with E-state index in [1.165, 1.54) is 30.6 Å². The lowest BCUT2D eigenvalue weighted by Crippen LogP contribution is -2.47. The lowest BCUT2D eigenvalue weighted by atomic mass is 9.62. The van der Waals surface area contributed by atoms with Crippen LogP contribution < -0.4 is 5.56 Å². The van der Waals surface area contributed by atoms with Gasteiger partial charge >= 0.3 is 6.18 Å². The van der Waals surface area contributed by atoms with Crippen molar-refractivity contribution in [3.05, 3.63) is 106 Å². The minimum absolute atomic E-state index is 0.0544. The van der Waals surface area contributed by atoms with Gasteiger partial charge in [-0.1, -0.05) is 36.8 Å². The van der Waals surface area contributed by atoms with E-state index >= 15 is 0 Å². The molecule has 49 heavy (non-hydrogen) atoms. The molecule has 1 N–H and O–H groups in total. The number of fused-ring (bicyclic) bond motifs is 1. The monoisotopic (exact) mass is 694 g/mol. The summed E-state index contributed by atoms with van der Waals surface area (Å²) in [5, 5.41) is 18.1. The summed E-state index contributed by atoms with van der Waals surface area (Å²) >= 11 is 0. The molecular weight excluding hydrogens is 657 g/mol. The van der Waals surface area contributed by atoms with Crippen molar-refractivity contribution >= 4 is 20.9 Å². The molecule has 258 valence electrons. The number of hydrogen-bond donors (Lipinski definition) is 1. The summed E-state index contributed by atoms with van der Waals surface area (Å²) < 4.78 is 77.1. The summed E-state index contributed by atoms with van der Waals surface area (Å²) in [4.78, 5) is 16.4. The number of hydrogen-bond acceptors (Lipinski definition) is 7. The Balaban J connectivity index is 1.48. The molecule has 5 aromatic rings. The molecule has 1 aliphatic heterocycles. The fourth-order valence-corrected chi connectivity index (χ4v) is 9.09.